The Balaban J connectivity index is 2.02. The van der Waals surface area contributed by atoms with Gasteiger partial charge in [0.1, 0.15) is 10.8 Å². The zero-order valence-electron chi connectivity index (χ0n) is 10.6. The lowest BCUT2D eigenvalue weighted by molar-refractivity contribution is -0.133. The molecule has 1 aliphatic heterocycles. The van der Waals surface area contributed by atoms with E-state index in [0.717, 1.165) is 11.0 Å². The van der Waals surface area contributed by atoms with E-state index in [-0.39, 0.29) is 34.3 Å². The minimum absolute atomic E-state index is 0.00315. The molecule has 104 valence electrons. The van der Waals surface area contributed by atoms with Crippen molar-refractivity contribution in [3.8, 4) is 0 Å². The third-order valence-corrected chi connectivity index (χ3v) is 4.28. The van der Waals surface area contributed by atoms with Gasteiger partial charge in [-0.2, -0.15) is 0 Å². The van der Waals surface area contributed by atoms with Crippen LogP contribution < -0.4 is 10.6 Å². The highest BCUT2D eigenvalue weighted by molar-refractivity contribution is 7.80. The maximum absolute atomic E-state index is 14.2. The van der Waals surface area contributed by atoms with E-state index in [2.05, 4.69) is 0 Å². The van der Waals surface area contributed by atoms with Crippen molar-refractivity contribution in [2.24, 2.45) is 17.6 Å². The monoisotopic (exact) mass is 292 g/mol. The lowest BCUT2D eigenvalue weighted by atomic mass is 9.96. The summed E-state index contributed by atoms with van der Waals surface area (Å²) in [4.78, 5) is 25.6. The number of nitrogens with zero attached hydrogens (tertiary/aromatic N) is 1. The van der Waals surface area contributed by atoms with Gasteiger partial charge in [-0.1, -0.05) is 12.2 Å². The number of hydrogen-bond donors (Lipinski definition) is 1. The van der Waals surface area contributed by atoms with Crippen LogP contribution in [0.1, 0.15) is 24.8 Å². The Bertz CT molecular complexity index is 610. The van der Waals surface area contributed by atoms with Crippen LogP contribution in [0.25, 0.3) is 0 Å². The smallest absolute Gasteiger partial charge is 0.236 e. The summed E-state index contributed by atoms with van der Waals surface area (Å²) in [5.74, 6) is -1.57. The zero-order chi connectivity index (χ0) is 14.4. The van der Waals surface area contributed by atoms with E-state index in [4.69, 9.17) is 18.0 Å². The van der Waals surface area contributed by atoms with E-state index in [0.29, 0.717) is 24.8 Å². The second-order valence-electron chi connectivity index (χ2n) is 5.25. The van der Waals surface area contributed by atoms with Gasteiger partial charge in [0, 0.05) is 17.4 Å². The third kappa shape index (κ3) is 1.91. The SMILES string of the molecule is NC(=S)c1ccc(N2C(=O)C3CCC(C3)C2=O)c(F)c1. The number of halogens is 1. The van der Waals surface area contributed by atoms with E-state index in [1.807, 2.05) is 0 Å². The van der Waals surface area contributed by atoms with Crippen molar-refractivity contribution >= 4 is 34.7 Å². The molecule has 2 unspecified atom stereocenters. The van der Waals surface area contributed by atoms with Crippen LogP contribution in [0.15, 0.2) is 18.2 Å². The molecule has 2 bridgehead atoms. The van der Waals surface area contributed by atoms with E-state index in [1.165, 1.54) is 12.1 Å². The first-order chi connectivity index (χ1) is 9.49. The summed E-state index contributed by atoms with van der Waals surface area (Å²) >= 11 is 4.78. The molecule has 1 heterocycles. The van der Waals surface area contributed by atoms with E-state index in [9.17, 15) is 14.0 Å². The molecule has 1 saturated heterocycles. The van der Waals surface area contributed by atoms with E-state index in [1.54, 1.807) is 0 Å². The predicted octanol–water partition coefficient (Wildman–Crippen LogP) is 1.75. The average molecular weight is 292 g/mol. The molecule has 6 heteroatoms. The Morgan fingerprint density at radius 1 is 1.25 bits per heavy atom. The number of piperidine rings is 1. The molecule has 1 saturated carbocycles. The lowest BCUT2D eigenvalue weighted by Crippen LogP contribution is -2.46. The van der Waals surface area contributed by atoms with Crippen molar-refractivity contribution < 1.29 is 14.0 Å². The third-order valence-electron chi connectivity index (χ3n) is 4.04. The fourth-order valence-electron chi connectivity index (χ4n) is 2.98. The van der Waals surface area contributed by atoms with Gasteiger partial charge in [0.05, 0.1) is 5.69 Å². The van der Waals surface area contributed by atoms with E-state index >= 15 is 0 Å². The number of hydrogen-bond acceptors (Lipinski definition) is 3. The Kier molecular flexibility index (Phi) is 3.05. The van der Waals surface area contributed by atoms with Gasteiger partial charge in [-0.25, -0.2) is 9.29 Å². The van der Waals surface area contributed by atoms with Crippen LogP contribution in [0.2, 0.25) is 0 Å². The predicted molar refractivity (Wildman–Crippen MR) is 75.6 cm³/mol. The first-order valence-electron chi connectivity index (χ1n) is 6.46. The van der Waals surface area contributed by atoms with Gasteiger partial charge < -0.3 is 5.73 Å². The molecule has 0 spiro atoms. The molecule has 2 amide bonds. The van der Waals surface area contributed by atoms with Crippen molar-refractivity contribution in [2.75, 3.05) is 4.90 Å². The molecule has 3 rings (SSSR count). The summed E-state index contributed by atoms with van der Waals surface area (Å²) in [6.45, 7) is 0. The highest BCUT2D eigenvalue weighted by Crippen LogP contribution is 2.40. The van der Waals surface area contributed by atoms with Crippen LogP contribution in [0, 0.1) is 17.7 Å². The van der Waals surface area contributed by atoms with Gasteiger partial charge in [0.25, 0.3) is 0 Å². The first-order valence-corrected chi connectivity index (χ1v) is 6.87. The number of carbonyl (C=O) groups is 2. The van der Waals surface area contributed by atoms with E-state index < -0.39 is 5.82 Å². The molecule has 2 fully saturated rings. The number of thiocarbonyl (C=S) groups is 1. The molecular formula is C14H13FN2O2S. The highest BCUT2D eigenvalue weighted by Gasteiger charge is 2.46. The molecule has 2 atom stereocenters. The van der Waals surface area contributed by atoms with Crippen molar-refractivity contribution in [1.82, 2.24) is 0 Å². The fraction of sp³-hybridized carbons (Fsp3) is 0.357. The topological polar surface area (TPSA) is 63.4 Å². The molecule has 1 aliphatic carbocycles. The molecule has 4 nitrogen and oxygen atoms in total. The maximum atomic E-state index is 14.2. The number of imide groups is 1. The largest absolute Gasteiger partial charge is 0.389 e. The Morgan fingerprint density at radius 2 is 1.85 bits per heavy atom. The average Bonchev–Trinajstić information content (AvgIpc) is 2.85. The second kappa shape index (κ2) is 4.63. The van der Waals surface area contributed by atoms with Crippen LogP contribution in [0.3, 0.4) is 0 Å². The Labute approximate surface area is 120 Å². The molecule has 20 heavy (non-hydrogen) atoms. The van der Waals surface area contributed by atoms with Crippen LogP contribution in [0.5, 0.6) is 0 Å². The summed E-state index contributed by atoms with van der Waals surface area (Å²) in [6.07, 6.45) is 2.01. The molecule has 2 N–H and O–H groups in total. The van der Waals surface area contributed by atoms with Crippen molar-refractivity contribution in [2.45, 2.75) is 19.3 Å². The van der Waals surface area contributed by atoms with Gasteiger partial charge in [0.15, 0.2) is 0 Å². The van der Waals surface area contributed by atoms with Gasteiger partial charge in [-0.15, -0.1) is 0 Å². The van der Waals surface area contributed by atoms with Crippen molar-refractivity contribution in [3.05, 3.63) is 29.6 Å². The van der Waals surface area contributed by atoms with Crippen molar-refractivity contribution in [3.63, 3.8) is 0 Å². The number of amides is 2. The van der Waals surface area contributed by atoms with Crippen LogP contribution in [-0.2, 0) is 9.59 Å². The van der Waals surface area contributed by atoms with Gasteiger partial charge in [-0.05, 0) is 37.5 Å². The number of fused-ring (bicyclic) bond motifs is 2. The summed E-state index contributed by atoms with van der Waals surface area (Å²) in [6, 6.07) is 4.08. The van der Waals surface area contributed by atoms with Crippen molar-refractivity contribution in [1.29, 1.82) is 0 Å². The minimum Gasteiger partial charge on any atom is -0.389 e. The number of rotatable bonds is 2. The standard InChI is InChI=1S/C14H13FN2O2S/c15-10-6-7(12(16)20)3-4-11(10)17-13(18)8-1-2-9(5-8)14(17)19/h3-4,6,8-9H,1-2,5H2,(H2,16,20). The second-order valence-corrected chi connectivity index (χ2v) is 5.69. The fourth-order valence-corrected chi connectivity index (χ4v) is 3.11. The van der Waals surface area contributed by atoms with Crippen LogP contribution in [-0.4, -0.2) is 16.8 Å². The highest BCUT2D eigenvalue weighted by atomic mass is 32.1. The summed E-state index contributed by atoms with van der Waals surface area (Å²) in [5, 5.41) is 0. The van der Waals surface area contributed by atoms with Gasteiger partial charge in [0.2, 0.25) is 11.8 Å². The molecule has 0 aromatic heterocycles. The van der Waals surface area contributed by atoms with Crippen LogP contribution in [0.4, 0.5) is 10.1 Å². The van der Waals surface area contributed by atoms with Gasteiger partial charge >= 0.3 is 0 Å². The zero-order valence-corrected chi connectivity index (χ0v) is 11.5. The molecule has 2 aliphatic rings. The number of benzene rings is 1. The summed E-state index contributed by atoms with van der Waals surface area (Å²) in [5.41, 5.74) is 5.81. The summed E-state index contributed by atoms with van der Waals surface area (Å²) < 4.78 is 14.2. The quantitative estimate of drug-likeness (QED) is 0.666. The molecular weight excluding hydrogens is 279 g/mol. The first kappa shape index (κ1) is 13.2. The molecule has 0 radical (unpaired) electrons. The number of carbonyl (C=O) groups excluding carboxylic acids is 2. The number of nitrogens with two attached hydrogens (primary N) is 1. The molecule has 1 aromatic carbocycles. The number of anilines is 1. The minimum atomic E-state index is -0.654. The van der Waals surface area contributed by atoms with Crippen LogP contribution >= 0.6 is 12.2 Å². The lowest BCUT2D eigenvalue weighted by Gasteiger charge is -2.29. The summed E-state index contributed by atoms with van der Waals surface area (Å²) in [7, 11) is 0. The normalized spacial score (nSPS) is 25.1. The Morgan fingerprint density at radius 3 is 2.35 bits per heavy atom. The maximum Gasteiger partial charge on any atom is 0.236 e. The van der Waals surface area contributed by atoms with Gasteiger partial charge in [-0.3, -0.25) is 9.59 Å². The molecule has 1 aromatic rings. The Hall–Kier alpha value is -1.82.